The van der Waals surface area contributed by atoms with Crippen molar-refractivity contribution in [1.82, 2.24) is 4.90 Å². The quantitative estimate of drug-likeness (QED) is 0.617. The van der Waals surface area contributed by atoms with E-state index in [4.69, 9.17) is 9.39 Å². The van der Waals surface area contributed by atoms with Gasteiger partial charge >= 0.3 is 13.1 Å². The van der Waals surface area contributed by atoms with Crippen molar-refractivity contribution >= 4 is 24.8 Å². The number of aromatic carboxylic acids is 1. The third kappa shape index (κ3) is 3.03. The van der Waals surface area contributed by atoms with Crippen LogP contribution in [-0.2, 0) is 4.74 Å². The van der Waals surface area contributed by atoms with E-state index >= 15 is 0 Å². The van der Waals surface area contributed by atoms with Crippen LogP contribution in [0.15, 0.2) is 17.0 Å². The normalized spacial score (nSPS) is 25.6. The van der Waals surface area contributed by atoms with Crippen molar-refractivity contribution in [2.75, 3.05) is 38.6 Å². The molecule has 0 spiro atoms. The van der Waals surface area contributed by atoms with Crippen LogP contribution in [0.5, 0.6) is 5.75 Å². The van der Waals surface area contributed by atoms with Gasteiger partial charge < -0.3 is 19.5 Å². The van der Waals surface area contributed by atoms with Gasteiger partial charge in [0.1, 0.15) is 11.3 Å². The Kier molecular flexibility index (Phi) is 4.47. The first-order chi connectivity index (χ1) is 11.6. The van der Waals surface area contributed by atoms with Gasteiger partial charge in [0.15, 0.2) is 0 Å². The molecule has 2 N–H and O–H groups in total. The first-order valence-electron chi connectivity index (χ1n) is 8.33. The van der Waals surface area contributed by atoms with Gasteiger partial charge in [-0.2, -0.15) is 0 Å². The molecule has 2 heterocycles. The van der Waals surface area contributed by atoms with Gasteiger partial charge in [-0.25, -0.2) is 4.79 Å². The second-order valence-electron chi connectivity index (χ2n) is 6.48. The molecule has 1 saturated heterocycles. The summed E-state index contributed by atoms with van der Waals surface area (Å²) in [6, 6.07) is 3.86. The van der Waals surface area contributed by atoms with Gasteiger partial charge in [-0.15, -0.1) is 11.8 Å². The molecule has 0 radical (unpaired) electrons. The van der Waals surface area contributed by atoms with Gasteiger partial charge in [0.25, 0.3) is 0 Å². The Morgan fingerprint density at radius 1 is 1.38 bits per heavy atom. The maximum Gasteiger partial charge on any atom is 0.526 e. The molecule has 1 aliphatic carbocycles. The molecule has 2 atom stereocenters. The SMILES string of the molecule is O=C(O)c1c(SCCN2CCOCC2)ccc2c1OB(O)[C@H]1C[C@@H]21. The summed E-state index contributed by atoms with van der Waals surface area (Å²) in [5, 5.41) is 19.6. The number of carbonyl (C=O) groups is 1. The number of rotatable bonds is 5. The van der Waals surface area contributed by atoms with Crippen LogP contribution in [0, 0.1) is 0 Å². The van der Waals surface area contributed by atoms with E-state index < -0.39 is 13.1 Å². The van der Waals surface area contributed by atoms with Crippen LogP contribution in [0.1, 0.15) is 28.3 Å². The van der Waals surface area contributed by atoms with Gasteiger partial charge in [-0.3, -0.25) is 4.90 Å². The molecule has 0 amide bonds. The van der Waals surface area contributed by atoms with E-state index in [-0.39, 0.29) is 17.3 Å². The van der Waals surface area contributed by atoms with Gasteiger partial charge in [0.2, 0.25) is 0 Å². The molecule has 0 aromatic heterocycles. The highest BCUT2D eigenvalue weighted by Crippen LogP contribution is 2.60. The topological polar surface area (TPSA) is 79.2 Å². The number of hydrogen-bond acceptors (Lipinski definition) is 6. The first kappa shape index (κ1) is 16.3. The van der Waals surface area contributed by atoms with Crippen LogP contribution in [0.4, 0.5) is 0 Å². The lowest BCUT2D eigenvalue weighted by Crippen LogP contribution is -2.37. The van der Waals surface area contributed by atoms with Gasteiger partial charge in [0.05, 0.1) is 13.2 Å². The molecule has 4 rings (SSSR count). The van der Waals surface area contributed by atoms with Crippen molar-refractivity contribution in [3.63, 3.8) is 0 Å². The average Bonchev–Trinajstić information content (AvgIpc) is 3.37. The molecule has 1 saturated carbocycles. The summed E-state index contributed by atoms with van der Waals surface area (Å²) < 4.78 is 10.9. The molecule has 0 bridgehead atoms. The second kappa shape index (κ2) is 6.59. The molecule has 8 heteroatoms. The minimum Gasteiger partial charge on any atom is -0.535 e. The summed E-state index contributed by atoms with van der Waals surface area (Å²) in [7, 11) is -0.880. The minimum atomic E-state index is -0.993. The van der Waals surface area contributed by atoms with E-state index in [1.54, 1.807) is 0 Å². The van der Waals surface area contributed by atoms with Crippen molar-refractivity contribution in [1.29, 1.82) is 0 Å². The number of ether oxygens (including phenoxy) is 1. The number of fused-ring (bicyclic) bond motifs is 3. The molecule has 128 valence electrons. The number of carboxylic acids is 1. The highest BCUT2D eigenvalue weighted by molar-refractivity contribution is 7.99. The largest absolute Gasteiger partial charge is 0.535 e. The summed E-state index contributed by atoms with van der Waals surface area (Å²) in [6.07, 6.45) is 0.872. The molecule has 6 nitrogen and oxygen atoms in total. The van der Waals surface area contributed by atoms with E-state index in [1.165, 1.54) is 11.8 Å². The minimum absolute atomic E-state index is 0.124. The molecule has 1 aromatic carbocycles. The fourth-order valence-corrected chi connectivity index (χ4v) is 4.59. The van der Waals surface area contributed by atoms with Gasteiger partial charge in [-0.1, -0.05) is 6.07 Å². The molecule has 24 heavy (non-hydrogen) atoms. The van der Waals surface area contributed by atoms with Crippen molar-refractivity contribution in [3.05, 3.63) is 23.3 Å². The molecule has 3 aliphatic rings. The lowest BCUT2D eigenvalue weighted by molar-refractivity contribution is 0.0410. The van der Waals surface area contributed by atoms with Crippen LogP contribution in [0.25, 0.3) is 0 Å². The summed E-state index contributed by atoms with van der Waals surface area (Å²) in [5.74, 6) is 0.554. The predicted octanol–water partition coefficient (Wildman–Crippen LogP) is 1.54. The molecule has 2 fully saturated rings. The summed E-state index contributed by atoms with van der Waals surface area (Å²) >= 11 is 1.53. The third-order valence-electron chi connectivity index (χ3n) is 4.98. The Bertz CT molecular complexity index is 652. The van der Waals surface area contributed by atoms with Crippen LogP contribution >= 0.6 is 11.8 Å². The number of nitrogens with zero attached hydrogens (tertiary/aromatic N) is 1. The number of benzene rings is 1. The van der Waals surface area contributed by atoms with Crippen LogP contribution in [0.3, 0.4) is 0 Å². The zero-order chi connectivity index (χ0) is 16.7. The number of carboxylic acid groups (broad SMARTS) is 1. The lowest BCUT2D eigenvalue weighted by Gasteiger charge is -2.26. The fraction of sp³-hybridized carbons (Fsp3) is 0.562. The van der Waals surface area contributed by atoms with Crippen LogP contribution in [0.2, 0.25) is 5.82 Å². The van der Waals surface area contributed by atoms with Gasteiger partial charge in [0, 0.05) is 36.1 Å². The Morgan fingerprint density at radius 3 is 2.92 bits per heavy atom. The van der Waals surface area contributed by atoms with Crippen molar-refractivity contribution in [2.24, 2.45) is 0 Å². The zero-order valence-corrected chi connectivity index (χ0v) is 14.1. The highest BCUT2D eigenvalue weighted by Gasteiger charge is 2.54. The fourth-order valence-electron chi connectivity index (χ4n) is 3.53. The Balaban J connectivity index is 1.50. The van der Waals surface area contributed by atoms with E-state index in [2.05, 4.69) is 4.90 Å². The third-order valence-corrected chi connectivity index (χ3v) is 6.01. The lowest BCUT2D eigenvalue weighted by atomic mass is 9.77. The van der Waals surface area contributed by atoms with E-state index in [1.807, 2.05) is 12.1 Å². The van der Waals surface area contributed by atoms with Crippen molar-refractivity contribution in [2.45, 2.75) is 23.1 Å². The number of morpholine rings is 1. The van der Waals surface area contributed by atoms with Gasteiger partial charge in [-0.05, 0) is 24.0 Å². The zero-order valence-electron chi connectivity index (χ0n) is 13.3. The Morgan fingerprint density at radius 2 is 2.17 bits per heavy atom. The Hall–Kier alpha value is -1.22. The average molecular weight is 349 g/mol. The maximum atomic E-state index is 11.8. The van der Waals surface area contributed by atoms with E-state index in [9.17, 15) is 14.9 Å². The highest BCUT2D eigenvalue weighted by atomic mass is 32.2. The smallest absolute Gasteiger partial charge is 0.526 e. The first-order valence-corrected chi connectivity index (χ1v) is 9.31. The van der Waals surface area contributed by atoms with E-state index in [0.717, 1.165) is 50.6 Å². The van der Waals surface area contributed by atoms with E-state index in [0.29, 0.717) is 10.6 Å². The summed E-state index contributed by atoms with van der Waals surface area (Å²) in [6.45, 7) is 4.28. The summed E-state index contributed by atoms with van der Waals surface area (Å²) in [5.41, 5.74) is 1.13. The molecule has 0 unspecified atom stereocenters. The monoisotopic (exact) mass is 349 g/mol. The van der Waals surface area contributed by atoms with Crippen LogP contribution in [-0.4, -0.2) is 66.7 Å². The molecule has 1 aromatic rings. The molecular formula is C16H20BNO5S. The second-order valence-corrected chi connectivity index (χ2v) is 7.62. The standard InChI is InChI=1S/C16H20BNO5S/c19-16(20)14-13(24-8-5-18-3-6-22-7-4-18)2-1-10-11-9-12(11)17(21)23-15(10)14/h1-2,11-12,21H,3-9H2,(H,19,20)/t11-,12-/m0/s1. The number of hydrogen-bond donors (Lipinski definition) is 2. The number of thioether (sulfide) groups is 1. The predicted molar refractivity (Wildman–Crippen MR) is 91.1 cm³/mol. The van der Waals surface area contributed by atoms with Crippen LogP contribution < -0.4 is 4.65 Å². The van der Waals surface area contributed by atoms with Crippen molar-refractivity contribution < 1.29 is 24.3 Å². The molecular weight excluding hydrogens is 329 g/mol. The maximum absolute atomic E-state index is 11.8. The van der Waals surface area contributed by atoms with Crippen molar-refractivity contribution in [3.8, 4) is 5.75 Å². The summed E-state index contributed by atoms with van der Waals surface area (Å²) in [4.78, 5) is 14.8. The Labute approximate surface area is 145 Å². The molecule has 2 aliphatic heterocycles.